The van der Waals surface area contributed by atoms with E-state index < -0.39 is 0 Å². The average molecular weight is 276 g/mol. The highest BCUT2D eigenvalue weighted by Crippen LogP contribution is 2.16. The Morgan fingerprint density at radius 1 is 0.905 bits per heavy atom. The van der Waals surface area contributed by atoms with Crippen LogP contribution in [0.15, 0.2) is 61.3 Å². The molecule has 4 aromatic rings. The Morgan fingerprint density at radius 3 is 2.81 bits per heavy atom. The van der Waals surface area contributed by atoms with Gasteiger partial charge < -0.3 is 4.57 Å². The van der Waals surface area contributed by atoms with Gasteiger partial charge in [0.1, 0.15) is 12.0 Å². The molecule has 0 bridgehead atoms. The molecule has 21 heavy (non-hydrogen) atoms. The highest BCUT2D eigenvalue weighted by Gasteiger charge is 2.09. The fraction of sp³-hybridized carbons (Fsp3) is 0.0667. The molecule has 0 N–H and O–H groups in total. The summed E-state index contributed by atoms with van der Waals surface area (Å²) in [6, 6.07) is 11.8. The number of fused-ring (bicyclic) bond motifs is 1. The summed E-state index contributed by atoms with van der Waals surface area (Å²) in [5, 5.41) is 4.26. The highest BCUT2D eigenvalue weighted by atomic mass is 15.3. The van der Waals surface area contributed by atoms with Crippen LogP contribution < -0.4 is 0 Å². The smallest absolute Gasteiger partial charge is 0.158 e. The second-order valence-electron chi connectivity index (χ2n) is 4.64. The zero-order valence-electron chi connectivity index (χ0n) is 11.2. The van der Waals surface area contributed by atoms with Crippen molar-refractivity contribution >= 4 is 5.65 Å². The van der Waals surface area contributed by atoms with E-state index in [1.165, 1.54) is 0 Å². The van der Waals surface area contributed by atoms with Crippen molar-refractivity contribution in [3.05, 3.63) is 67.0 Å². The minimum absolute atomic E-state index is 0.659. The lowest BCUT2D eigenvalue weighted by Crippen LogP contribution is -2.07. The van der Waals surface area contributed by atoms with Gasteiger partial charge in [-0.25, -0.2) is 14.5 Å². The summed E-state index contributed by atoms with van der Waals surface area (Å²) < 4.78 is 3.89. The van der Waals surface area contributed by atoms with Gasteiger partial charge in [0, 0.05) is 18.6 Å². The number of hydrogen-bond acceptors (Lipinski definition) is 4. The third-order valence-electron chi connectivity index (χ3n) is 3.32. The zero-order chi connectivity index (χ0) is 14.1. The third kappa shape index (κ3) is 2.06. The second-order valence-corrected chi connectivity index (χ2v) is 4.64. The number of nitrogens with zero attached hydrogens (tertiary/aromatic N) is 6. The standard InChI is InChI=1S/C15H12N6/c1-2-7-16-13(5-1)15-17-8-9-20(15)10-12-4-3-6-14-18-11-19-21(12)14/h1-9,11H,10H2. The first-order valence-electron chi connectivity index (χ1n) is 6.62. The molecular formula is C15H12N6. The van der Waals surface area contributed by atoms with Crippen LogP contribution in [0.2, 0.25) is 0 Å². The fourth-order valence-corrected chi connectivity index (χ4v) is 2.36. The molecule has 0 amide bonds. The maximum absolute atomic E-state index is 4.41. The average Bonchev–Trinajstić information content (AvgIpc) is 3.17. The molecule has 0 saturated carbocycles. The van der Waals surface area contributed by atoms with Crippen LogP contribution in [0, 0.1) is 0 Å². The topological polar surface area (TPSA) is 60.9 Å². The lowest BCUT2D eigenvalue weighted by atomic mass is 10.3. The van der Waals surface area contributed by atoms with E-state index in [-0.39, 0.29) is 0 Å². The molecule has 0 fully saturated rings. The molecule has 4 rings (SSSR count). The zero-order valence-corrected chi connectivity index (χ0v) is 11.2. The number of aromatic nitrogens is 6. The Labute approximate surface area is 120 Å². The minimum Gasteiger partial charge on any atom is -0.324 e. The maximum atomic E-state index is 4.41. The predicted molar refractivity (Wildman–Crippen MR) is 77.5 cm³/mol. The molecular weight excluding hydrogens is 264 g/mol. The molecule has 4 heterocycles. The number of rotatable bonds is 3. The molecule has 6 heteroatoms. The lowest BCUT2D eigenvalue weighted by molar-refractivity contribution is 0.739. The van der Waals surface area contributed by atoms with Crippen LogP contribution in [-0.2, 0) is 6.54 Å². The molecule has 0 unspecified atom stereocenters. The quantitative estimate of drug-likeness (QED) is 0.574. The summed E-state index contributed by atoms with van der Waals surface area (Å²) in [4.78, 5) is 13.0. The summed E-state index contributed by atoms with van der Waals surface area (Å²) in [7, 11) is 0. The predicted octanol–water partition coefficient (Wildman–Crippen LogP) is 2.04. The minimum atomic E-state index is 0.659. The molecule has 0 atom stereocenters. The van der Waals surface area contributed by atoms with Gasteiger partial charge in [0.05, 0.1) is 12.2 Å². The van der Waals surface area contributed by atoms with Gasteiger partial charge >= 0.3 is 0 Å². The molecule has 0 aliphatic rings. The van der Waals surface area contributed by atoms with Gasteiger partial charge in [-0.1, -0.05) is 12.1 Å². The van der Waals surface area contributed by atoms with Crippen molar-refractivity contribution in [2.45, 2.75) is 6.54 Å². The van der Waals surface area contributed by atoms with Gasteiger partial charge in [-0.3, -0.25) is 4.98 Å². The van der Waals surface area contributed by atoms with Crippen LogP contribution in [0.4, 0.5) is 0 Å². The van der Waals surface area contributed by atoms with Crippen molar-refractivity contribution in [3.8, 4) is 11.5 Å². The van der Waals surface area contributed by atoms with E-state index in [1.54, 1.807) is 18.7 Å². The first kappa shape index (κ1) is 11.8. The number of hydrogen-bond donors (Lipinski definition) is 0. The van der Waals surface area contributed by atoms with Crippen molar-refractivity contribution in [2.24, 2.45) is 0 Å². The van der Waals surface area contributed by atoms with E-state index >= 15 is 0 Å². The van der Waals surface area contributed by atoms with Crippen LogP contribution in [0.3, 0.4) is 0 Å². The van der Waals surface area contributed by atoms with Gasteiger partial charge in [-0.15, -0.1) is 0 Å². The first-order valence-corrected chi connectivity index (χ1v) is 6.62. The van der Waals surface area contributed by atoms with Crippen molar-refractivity contribution in [3.63, 3.8) is 0 Å². The summed E-state index contributed by atoms with van der Waals surface area (Å²) in [5.74, 6) is 0.840. The Morgan fingerprint density at radius 2 is 1.90 bits per heavy atom. The SMILES string of the molecule is c1ccc(-c2nccn2Cc2cccc3ncnn23)nc1. The van der Waals surface area contributed by atoms with Crippen LogP contribution in [-0.4, -0.2) is 29.1 Å². The van der Waals surface area contributed by atoms with E-state index in [2.05, 4.69) is 24.6 Å². The monoisotopic (exact) mass is 276 g/mol. The number of imidazole rings is 1. The van der Waals surface area contributed by atoms with Gasteiger partial charge in [0.2, 0.25) is 0 Å². The van der Waals surface area contributed by atoms with E-state index in [9.17, 15) is 0 Å². The highest BCUT2D eigenvalue weighted by molar-refractivity contribution is 5.49. The van der Waals surface area contributed by atoms with Gasteiger partial charge in [0.25, 0.3) is 0 Å². The Hall–Kier alpha value is -3.02. The van der Waals surface area contributed by atoms with E-state index in [0.29, 0.717) is 6.54 Å². The summed E-state index contributed by atoms with van der Waals surface area (Å²) in [6.07, 6.45) is 7.06. The maximum Gasteiger partial charge on any atom is 0.158 e. The Kier molecular flexibility index (Phi) is 2.71. The Bertz CT molecular complexity index is 877. The van der Waals surface area contributed by atoms with Gasteiger partial charge in [0.15, 0.2) is 11.5 Å². The fourth-order valence-electron chi connectivity index (χ4n) is 2.36. The van der Waals surface area contributed by atoms with Crippen molar-refractivity contribution in [1.82, 2.24) is 29.1 Å². The molecule has 0 radical (unpaired) electrons. The summed E-state index contributed by atoms with van der Waals surface area (Å²) >= 11 is 0. The van der Waals surface area contributed by atoms with E-state index in [0.717, 1.165) is 22.9 Å². The van der Waals surface area contributed by atoms with Crippen molar-refractivity contribution < 1.29 is 0 Å². The molecule has 0 saturated heterocycles. The molecule has 4 aromatic heterocycles. The summed E-state index contributed by atoms with van der Waals surface area (Å²) in [5.41, 5.74) is 2.74. The van der Waals surface area contributed by atoms with Crippen molar-refractivity contribution in [2.75, 3.05) is 0 Å². The van der Waals surface area contributed by atoms with Gasteiger partial charge in [-0.05, 0) is 24.3 Å². The van der Waals surface area contributed by atoms with E-state index in [1.807, 2.05) is 47.1 Å². The summed E-state index contributed by atoms with van der Waals surface area (Å²) in [6.45, 7) is 0.659. The van der Waals surface area contributed by atoms with Gasteiger partial charge in [-0.2, -0.15) is 5.10 Å². The van der Waals surface area contributed by atoms with Crippen LogP contribution >= 0.6 is 0 Å². The van der Waals surface area contributed by atoms with E-state index in [4.69, 9.17) is 0 Å². The molecule has 102 valence electrons. The number of pyridine rings is 2. The second kappa shape index (κ2) is 4.82. The van der Waals surface area contributed by atoms with Crippen LogP contribution in [0.1, 0.15) is 5.69 Å². The third-order valence-corrected chi connectivity index (χ3v) is 3.32. The van der Waals surface area contributed by atoms with Crippen LogP contribution in [0.5, 0.6) is 0 Å². The van der Waals surface area contributed by atoms with Crippen molar-refractivity contribution in [1.29, 1.82) is 0 Å². The normalized spacial score (nSPS) is 11.0. The largest absolute Gasteiger partial charge is 0.324 e. The molecule has 0 aliphatic carbocycles. The molecule has 0 spiro atoms. The molecule has 0 aliphatic heterocycles. The first-order chi connectivity index (χ1) is 10.4. The molecule has 6 nitrogen and oxygen atoms in total. The van der Waals surface area contributed by atoms with Crippen LogP contribution in [0.25, 0.3) is 17.2 Å². The Balaban J connectivity index is 1.76. The lowest BCUT2D eigenvalue weighted by Gasteiger charge is -2.08. The molecule has 0 aromatic carbocycles.